The molecule has 17 heavy (non-hydrogen) atoms. The van der Waals surface area contributed by atoms with Gasteiger partial charge in [-0.1, -0.05) is 41.0 Å². The monoisotopic (exact) mass is 288 g/mol. The Labute approximate surface area is 114 Å². The zero-order valence-corrected chi connectivity index (χ0v) is 11.6. The van der Waals surface area contributed by atoms with Crippen molar-refractivity contribution in [1.29, 1.82) is 0 Å². The third kappa shape index (κ3) is 2.07. The first-order valence-corrected chi connectivity index (χ1v) is 6.53. The van der Waals surface area contributed by atoms with Crippen LogP contribution in [0.15, 0.2) is 24.0 Å². The van der Waals surface area contributed by atoms with Crippen molar-refractivity contribution < 1.29 is 9.90 Å². The maximum atomic E-state index is 11.9. The van der Waals surface area contributed by atoms with Crippen LogP contribution in [0.4, 0.5) is 0 Å². The predicted molar refractivity (Wildman–Crippen MR) is 72.7 cm³/mol. The summed E-state index contributed by atoms with van der Waals surface area (Å²) in [5, 5.41) is 10.6. The molecule has 0 radical (unpaired) electrons. The van der Waals surface area contributed by atoms with E-state index >= 15 is 0 Å². The molecule has 0 aromatic heterocycles. The predicted octanol–water partition coefficient (Wildman–Crippen LogP) is 4.31. The van der Waals surface area contributed by atoms with Gasteiger partial charge in [-0.15, -0.1) is 0 Å². The van der Waals surface area contributed by atoms with Gasteiger partial charge in [-0.2, -0.15) is 0 Å². The Morgan fingerprint density at radius 2 is 1.76 bits per heavy atom. The fourth-order valence-corrected chi connectivity index (χ4v) is 3.24. The molecule has 0 saturated heterocycles. The van der Waals surface area contributed by atoms with E-state index in [0.717, 1.165) is 11.8 Å². The van der Waals surface area contributed by atoms with E-state index in [1.807, 2.05) is 0 Å². The zero-order valence-electron chi connectivity index (χ0n) is 9.25. The normalized spacial score (nSPS) is 18.9. The van der Waals surface area contributed by atoms with E-state index in [4.69, 9.17) is 23.2 Å². The number of aliphatic hydroxyl groups excluding tert-OH is 1. The number of halogens is 2. The van der Waals surface area contributed by atoms with E-state index < -0.39 is 4.75 Å². The Balaban J connectivity index is 2.69. The first-order valence-electron chi connectivity index (χ1n) is 4.96. The third-order valence-electron chi connectivity index (χ3n) is 2.57. The van der Waals surface area contributed by atoms with Gasteiger partial charge in [-0.3, -0.25) is 4.79 Å². The molecule has 0 spiro atoms. The Kier molecular flexibility index (Phi) is 3.19. The van der Waals surface area contributed by atoms with Crippen LogP contribution in [-0.2, 0) is 4.79 Å². The van der Waals surface area contributed by atoms with Crippen molar-refractivity contribution >= 4 is 45.7 Å². The van der Waals surface area contributed by atoms with E-state index in [0.29, 0.717) is 15.6 Å². The number of rotatable bonds is 1. The first kappa shape index (κ1) is 12.8. The maximum Gasteiger partial charge on any atom is 0.224 e. The molecule has 1 heterocycles. The Bertz CT molecular complexity index is 515. The lowest BCUT2D eigenvalue weighted by Gasteiger charge is -2.14. The summed E-state index contributed by atoms with van der Waals surface area (Å²) in [5.41, 5.74) is 0.631. The number of hydrogen-bond acceptors (Lipinski definition) is 3. The average Bonchev–Trinajstić information content (AvgIpc) is 2.39. The van der Waals surface area contributed by atoms with Gasteiger partial charge in [-0.25, -0.2) is 0 Å². The van der Waals surface area contributed by atoms with Crippen molar-refractivity contribution in [3.8, 4) is 0 Å². The summed E-state index contributed by atoms with van der Waals surface area (Å²) in [7, 11) is 0. The molecule has 0 unspecified atom stereocenters. The summed E-state index contributed by atoms with van der Waals surface area (Å²) in [6, 6.07) is 4.99. The highest BCUT2D eigenvalue weighted by Gasteiger charge is 2.41. The molecular weight excluding hydrogens is 279 g/mol. The van der Waals surface area contributed by atoms with Crippen LogP contribution in [-0.4, -0.2) is 15.0 Å². The molecular formula is C12H10Cl2O2S. The quantitative estimate of drug-likeness (QED) is 0.836. The molecule has 0 saturated carbocycles. The minimum absolute atomic E-state index is 0.0301. The van der Waals surface area contributed by atoms with Crippen molar-refractivity contribution in [3.05, 3.63) is 39.6 Å². The zero-order chi connectivity index (χ0) is 12.8. The van der Waals surface area contributed by atoms with Crippen molar-refractivity contribution in [2.75, 3.05) is 0 Å². The van der Waals surface area contributed by atoms with Gasteiger partial charge in [0, 0.05) is 5.56 Å². The van der Waals surface area contributed by atoms with Crippen LogP contribution in [0.2, 0.25) is 10.0 Å². The van der Waals surface area contributed by atoms with E-state index in [1.165, 1.54) is 0 Å². The molecule has 1 aromatic rings. The molecule has 2 nitrogen and oxygen atoms in total. The minimum Gasteiger partial charge on any atom is -0.510 e. The molecule has 0 atom stereocenters. The van der Waals surface area contributed by atoms with Gasteiger partial charge in [0.15, 0.2) is 0 Å². The number of benzene rings is 1. The van der Waals surface area contributed by atoms with Crippen LogP contribution in [0.5, 0.6) is 0 Å². The highest BCUT2D eigenvalue weighted by atomic mass is 35.5. The van der Waals surface area contributed by atoms with Crippen LogP contribution in [0, 0.1) is 0 Å². The summed E-state index contributed by atoms with van der Waals surface area (Å²) in [5.74, 6) is 0.0301. The Morgan fingerprint density at radius 1 is 1.24 bits per heavy atom. The molecule has 2 rings (SSSR count). The lowest BCUT2D eigenvalue weighted by molar-refractivity contribution is -0.106. The highest BCUT2D eigenvalue weighted by Crippen LogP contribution is 2.48. The topological polar surface area (TPSA) is 37.3 Å². The summed E-state index contributed by atoms with van der Waals surface area (Å²) < 4.78 is -0.630. The number of aliphatic hydroxyl groups is 1. The van der Waals surface area contributed by atoms with Crippen molar-refractivity contribution in [3.63, 3.8) is 0 Å². The number of carbonyl (C=O) groups is 1. The smallest absolute Gasteiger partial charge is 0.224 e. The van der Waals surface area contributed by atoms with Crippen molar-refractivity contribution in [1.82, 2.24) is 0 Å². The summed E-state index contributed by atoms with van der Waals surface area (Å²) in [4.78, 5) is 11.9. The molecule has 0 fully saturated rings. The first-order chi connectivity index (χ1) is 7.84. The Morgan fingerprint density at radius 3 is 2.18 bits per heavy atom. The summed E-state index contributed by atoms with van der Waals surface area (Å²) in [6.07, 6.45) is 0. The van der Waals surface area contributed by atoms with Gasteiger partial charge in [0.25, 0.3) is 0 Å². The molecule has 0 amide bonds. The largest absolute Gasteiger partial charge is 0.510 e. The van der Waals surface area contributed by atoms with Gasteiger partial charge < -0.3 is 5.11 Å². The van der Waals surface area contributed by atoms with Crippen molar-refractivity contribution in [2.24, 2.45) is 0 Å². The maximum absolute atomic E-state index is 11.9. The SMILES string of the molecule is CC1(C)SC(=O)C(c2c(Cl)cccc2Cl)=C1O. The molecule has 0 bridgehead atoms. The standard InChI is InChI=1S/C12H10Cl2O2S/c1-12(2)10(15)9(11(16)17-12)8-6(13)4-3-5-7(8)14/h3-5,15H,1-2H3. The van der Waals surface area contributed by atoms with Gasteiger partial charge in [0.05, 0.1) is 20.4 Å². The van der Waals surface area contributed by atoms with Gasteiger partial charge in [0.1, 0.15) is 5.76 Å². The molecule has 5 heteroatoms. The van der Waals surface area contributed by atoms with E-state index in [-0.39, 0.29) is 16.4 Å². The molecule has 1 aliphatic rings. The van der Waals surface area contributed by atoms with E-state index in [1.54, 1.807) is 32.0 Å². The number of hydrogen-bond donors (Lipinski definition) is 1. The van der Waals surface area contributed by atoms with Crippen LogP contribution >= 0.6 is 35.0 Å². The minimum atomic E-state index is -0.630. The third-order valence-corrected chi connectivity index (χ3v) is 4.29. The Hall–Kier alpha value is -0.640. The summed E-state index contributed by atoms with van der Waals surface area (Å²) >= 11 is 13.2. The van der Waals surface area contributed by atoms with Crippen LogP contribution in [0.25, 0.3) is 5.57 Å². The van der Waals surface area contributed by atoms with E-state index in [9.17, 15) is 9.90 Å². The number of thioether (sulfide) groups is 1. The second kappa shape index (κ2) is 4.23. The van der Waals surface area contributed by atoms with Gasteiger partial charge in [-0.05, 0) is 26.0 Å². The molecule has 1 aliphatic heterocycles. The molecule has 90 valence electrons. The van der Waals surface area contributed by atoms with Gasteiger partial charge in [0.2, 0.25) is 5.12 Å². The second-order valence-electron chi connectivity index (χ2n) is 4.22. The van der Waals surface area contributed by atoms with Gasteiger partial charge >= 0.3 is 0 Å². The lowest BCUT2D eigenvalue weighted by Crippen LogP contribution is -2.14. The lowest BCUT2D eigenvalue weighted by atomic mass is 10.0. The molecule has 1 N–H and O–H groups in total. The average molecular weight is 289 g/mol. The molecule has 1 aromatic carbocycles. The fourth-order valence-electron chi connectivity index (χ4n) is 1.69. The number of carbonyl (C=O) groups excluding carboxylic acids is 1. The molecule has 0 aliphatic carbocycles. The second-order valence-corrected chi connectivity index (χ2v) is 6.63. The van der Waals surface area contributed by atoms with Crippen LogP contribution < -0.4 is 0 Å². The highest BCUT2D eigenvalue weighted by molar-refractivity contribution is 8.16. The van der Waals surface area contributed by atoms with Crippen LogP contribution in [0.3, 0.4) is 0 Å². The van der Waals surface area contributed by atoms with Crippen LogP contribution in [0.1, 0.15) is 19.4 Å². The van der Waals surface area contributed by atoms with E-state index in [2.05, 4.69) is 0 Å². The summed E-state index contributed by atoms with van der Waals surface area (Å²) in [6.45, 7) is 3.56. The fraction of sp³-hybridized carbons (Fsp3) is 0.250. The van der Waals surface area contributed by atoms with Crippen molar-refractivity contribution in [2.45, 2.75) is 18.6 Å².